The topological polar surface area (TPSA) is 71.4 Å². The van der Waals surface area contributed by atoms with E-state index >= 15 is 0 Å². The van der Waals surface area contributed by atoms with Crippen LogP contribution in [0.2, 0.25) is 0 Å². The minimum absolute atomic E-state index is 0.0270. The molecule has 204 valence electrons. The van der Waals surface area contributed by atoms with Gasteiger partial charge in [0.1, 0.15) is 12.4 Å². The molecule has 7 nitrogen and oxygen atoms in total. The number of esters is 1. The molecule has 5 rings (SSSR count). The average molecular weight is 554 g/mol. The molecular formula is C32H31N3O4S. The summed E-state index contributed by atoms with van der Waals surface area (Å²) in [5, 5.41) is 2.67. The van der Waals surface area contributed by atoms with Crippen molar-refractivity contribution < 1.29 is 19.1 Å². The van der Waals surface area contributed by atoms with Gasteiger partial charge in [-0.2, -0.15) is 0 Å². The van der Waals surface area contributed by atoms with Gasteiger partial charge in [0.15, 0.2) is 5.17 Å². The summed E-state index contributed by atoms with van der Waals surface area (Å²) in [6.45, 7) is 2.49. The van der Waals surface area contributed by atoms with Crippen LogP contribution in [0.4, 0.5) is 0 Å². The zero-order chi connectivity index (χ0) is 28.1. The first-order valence-corrected chi connectivity index (χ1v) is 13.9. The second kappa shape index (κ2) is 12.3. The molecule has 0 fully saturated rings. The number of hydrogen-bond acceptors (Lipinski definition) is 7. The lowest BCUT2D eigenvalue weighted by Gasteiger charge is -2.36. The van der Waals surface area contributed by atoms with Gasteiger partial charge in [0.05, 0.1) is 30.8 Å². The highest BCUT2D eigenvalue weighted by molar-refractivity contribution is 8.16. The molecule has 2 aliphatic heterocycles. The van der Waals surface area contributed by atoms with E-state index in [0.29, 0.717) is 23.6 Å². The molecule has 0 aliphatic carbocycles. The summed E-state index contributed by atoms with van der Waals surface area (Å²) < 4.78 is 11.3. The van der Waals surface area contributed by atoms with Crippen LogP contribution >= 0.6 is 11.8 Å². The number of fused-ring (bicyclic) bond motifs is 1. The fourth-order valence-electron chi connectivity index (χ4n) is 4.79. The van der Waals surface area contributed by atoms with Crippen molar-refractivity contribution in [3.05, 3.63) is 124 Å². The van der Waals surface area contributed by atoms with E-state index in [4.69, 9.17) is 14.5 Å². The molecule has 0 saturated heterocycles. The molecule has 0 saturated carbocycles. The molecular weight excluding hydrogens is 522 g/mol. The van der Waals surface area contributed by atoms with Gasteiger partial charge in [-0.15, -0.1) is 0 Å². The number of rotatable bonds is 9. The van der Waals surface area contributed by atoms with Gasteiger partial charge in [-0.3, -0.25) is 4.79 Å². The Labute approximate surface area is 238 Å². The quantitative estimate of drug-likeness (QED) is 0.300. The summed E-state index contributed by atoms with van der Waals surface area (Å²) in [6, 6.07) is 26.6. The summed E-state index contributed by atoms with van der Waals surface area (Å²) in [4.78, 5) is 35.5. The molecule has 3 aromatic carbocycles. The normalized spacial score (nSPS) is 16.2. The molecule has 0 aromatic heterocycles. The first-order chi connectivity index (χ1) is 19.4. The molecule has 0 radical (unpaired) electrons. The smallest absolute Gasteiger partial charge is 0.338 e. The van der Waals surface area contributed by atoms with Crippen LogP contribution in [0.1, 0.15) is 36.1 Å². The van der Waals surface area contributed by atoms with E-state index in [2.05, 4.69) is 0 Å². The Hall–Kier alpha value is -4.30. The van der Waals surface area contributed by atoms with Gasteiger partial charge in [-0.25, -0.2) is 9.79 Å². The van der Waals surface area contributed by atoms with Crippen LogP contribution < -0.4 is 4.74 Å². The molecule has 0 bridgehead atoms. The van der Waals surface area contributed by atoms with Crippen molar-refractivity contribution in [3.8, 4) is 5.75 Å². The van der Waals surface area contributed by atoms with Crippen LogP contribution in [0.3, 0.4) is 0 Å². The van der Waals surface area contributed by atoms with E-state index in [1.807, 2.05) is 102 Å². The summed E-state index contributed by atoms with van der Waals surface area (Å²) in [6.07, 6.45) is 0.168. The van der Waals surface area contributed by atoms with Crippen molar-refractivity contribution >= 4 is 28.8 Å². The number of hydrogen-bond donors (Lipinski definition) is 0. The number of nitrogens with zero attached hydrogens (tertiary/aromatic N) is 3. The van der Waals surface area contributed by atoms with Gasteiger partial charge in [0.25, 0.3) is 0 Å². The number of methoxy groups -OCH3 is 1. The first-order valence-electron chi connectivity index (χ1n) is 13.0. The molecule has 0 N–H and O–H groups in total. The van der Waals surface area contributed by atoms with E-state index < -0.39 is 12.0 Å². The van der Waals surface area contributed by atoms with Crippen LogP contribution in [0.25, 0.3) is 0 Å². The summed E-state index contributed by atoms with van der Waals surface area (Å²) in [7, 11) is 3.42. The second-order valence-electron chi connectivity index (χ2n) is 9.64. The largest absolute Gasteiger partial charge is 0.497 e. The van der Waals surface area contributed by atoms with Gasteiger partial charge in [-0.1, -0.05) is 84.6 Å². The van der Waals surface area contributed by atoms with Crippen LogP contribution in [0.15, 0.2) is 112 Å². The van der Waals surface area contributed by atoms with Gasteiger partial charge >= 0.3 is 5.97 Å². The monoisotopic (exact) mass is 553 g/mol. The SMILES string of the molecule is COc1cccc(C2C(C(=O)OCc3ccccc3)=C(C)N=C3SC=C(CC(=O)N(C)Cc4ccccc4)N32)c1. The van der Waals surface area contributed by atoms with Crippen molar-refractivity contribution in [2.45, 2.75) is 32.5 Å². The summed E-state index contributed by atoms with van der Waals surface area (Å²) >= 11 is 1.45. The first kappa shape index (κ1) is 27.3. The van der Waals surface area contributed by atoms with Crippen molar-refractivity contribution in [3.63, 3.8) is 0 Å². The Balaban J connectivity index is 1.43. The lowest BCUT2D eigenvalue weighted by molar-refractivity contribution is -0.141. The number of thioether (sulfide) groups is 1. The van der Waals surface area contributed by atoms with Crippen molar-refractivity contribution in [2.75, 3.05) is 14.2 Å². The summed E-state index contributed by atoms with van der Waals surface area (Å²) in [5.41, 5.74) is 4.61. The summed E-state index contributed by atoms with van der Waals surface area (Å²) in [5.74, 6) is 0.203. The highest BCUT2D eigenvalue weighted by Gasteiger charge is 2.41. The van der Waals surface area contributed by atoms with E-state index in [1.165, 1.54) is 11.8 Å². The number of amides is 1. The average Bonchev–Trinajstić information content (AvgIpc) is 3.37. The maximum absolute atomic E-state index is 13.6. The third-order valence-corrected chi connectivity index (χ3v) is 7.75. The van der Waals surface area contributed by atoms with Gasteiger partial charge < -0.3 is 19.3 Å². The molecule has 1 atom stereocenters. The van der Waals surface area contributed by atoms with Crippen molar-refractivity contribution in [2.24, 2.45) is 4.99 Å². The minimum atomic E-state index is -0.528. The number of aliphatic imine (C=N–C) groups is 1. The zero-order valence-corrected chi connectivity index (χ0v) is 23.6. The van der Waals surface area contributed by atoms with Crippen LogP contribution in [0, 0.1) is 0 Å². The number of carbonyl (C=O) groups excluding carboxylic acids is 2. The molecule has 2 aliphatic rings. The standard InChI is InChI=1S/C32H31N3O4S/c1-22-29(31(37)39-20-24-13-8-5-9-14-24)30(25-15-10-16-27(17-25)38-3)35-26(21-40-32(35)33-22)18-28(36)34(2)19-23-11-6-4-7-12-23/h4-17,21,30H,18-20H2,1-3H3. The Morgan fingerprint density at radius 1 is 0.975 bits per heavy atom. The Kier molecular flexibility index (Phi) is 8.36. The van der Waals surface area contributed by atoms with Crippen molar-refractivity contribution in [1.82, 2.24) is 9.80 Å². The van der Waals surface area contributed by atoms with Crippen LogP contribution in [-0.4, -0.2) is 41.0 Å². The number of benzene rings is 3. The third-order valence-electron chi connectivity index (χ3n) is 6.86. The number of ether oxygens (including phenoxy) is 2. The second-order valence-corrected chi connectivity index (χ2v) is 10.5. The number of allylic oxidation sites excluding steroid dienone is 1. The maximum atomic E-state index is 13.6. The van der Waals surface area contributed by atoms with E-state index in [-0.39, 0.29) is 18.9 Å². The van der Waals surface area contributed by atoms with Gasteiger partial charge in [-0.05, 0) is 41.2 Å². The van der Waals surface area contributed by atoms with Gasteiger partial charge in [0.2, 0.25) is 5.91 Å². The van der Waals surface area contributed by atoms with Crippen molar-refractivity contribution in [1.29, 1.82) is 0 Å². The number of carbonyl (C=O) groups is 2. The molecule has 1 amide bonds. The van der Waals surface area contributed by atoms with E-state index in [1.54, 1.807) is 19.1 Å². The predicted octanol–water partition coefficient (Wildman–Crippen LogP) is 6.06. The Morgan fingerprint density at radius 3 is 2.38 bits per heavy atom. The molecule has 40 heavy (non-hydrogen) atoms. The van der Waals surface area contributed by atoms with Crippen LogP contribution in [-0.2, 0) is 27.5 Å². The maximum Gasteiger partial charge on any atom is 0.338 e. The fourth-order valence-corrected chi connectivity index (χ4v) is 5.76. The highest BCUT2D eigenvalue weighted by Crippen LogP contribution is 2.45. The Morgan fingerprint density at radius 2 is 1.68 bits per heavy atom. The van der Waals surface area contributed by atoms with E-state index in [9.17, 15) is 9.59 Å². The molecule has 1 unspecified atom stereocenters. The number of amidine groups is 1. The zero-order valence-electron chi connectivity index (χ0n) is 22.7. The molecule has 0 spiro atoms. The van der Waals surface area contributed by atoms with E-state index in [0.717, 1.165) is 27.6 Å². The molecule has 2 heterocycles. The predicted molar refractivity (Wildman–Crippen MR) is 157 cm³/mol. The molecule has 3 aromatic rings. The third kappa shape index (κ3) is 5.97. The van der Waals surface area contributed by atoms with Crippen LogP contribution in [0.5, 0.6) is 5.75 Å². The minimum Gasteiger partial charge on any atom is -0.497 e. The fraction of sp³-hybridized carbons (Fsp3) is 0.219. The lowest BCUT2D eigenvalue weighted by atomic mass is 9.93. The molecule has 8 heteroatoms. The highest BCUT2D eigenvalue weighted by atomic mass is 32.2. The van der Waals surface area contributed by atoms with Gasteiger partial charge in [0, 0.05) is 19.3 Å². The lowest BCUT2D eigenvalue weighted by Crippen LogP contribution is -2.38. The Bertz CT molecular complexity index is 1480.